The predicted molar refractivity (Wildman–Crippen MR) is 94.2 cm³/mol. The number of anilines is 1. The third kappa shape index (κ3) is 3.94. The molecule has 2 unspecified atom stereocenters. The van der Waals surface area contributed by atoms with Gasteiger partial charge in [-0.15, -0.1) is 0 Å². The minimum Gasteiger partial charge on any atom is -0.342 e. The van der Waals surface area contributed by atoms with Crippen LogP contribution in [0.3, 0.4) is 0 Å². The number of hydrogen-bond donors (Lipinski definition) is 1. The maximum atomic E-state index is 12.5. The Morgan fingerprint density at radius 3 is 2.48 bits per heavy atom. The van der Waals surface area contributed by atoms with E-state index in [-0.39, 0.29) is 23.7 Å². The Morgan fingerprint density at radius 1 is 1.13 bits per heavy atom. The molecule has 1 N–H and O–H groups in total. The first-order chi connectivity index (χ1) is 11.1. The predicted octanol–water partition coefficient (Wildman–Crippen LogP) is 3.73. The maximum absolute atomic E-state index is 12.5. The minimum atomic E-state index is -0.161. The molecule has 3 rings (SSSR count). The summed E-state index contributed by atoms with van der Waals surface area (Å²) in [5, 5.41) is 2.93. The maximum Gasteiger partial charge on any atom is 0.228 e. The van der Waals surface area contributed by atoms with Crippen LogP contribution in [-0.4, -0.2) is 29.8 Å². The summed E-state index contributed by atoms with van der Waals surface area (Å²) in [6.45, 7) is 3.72. The lowest BCUT2D eigenvalue weighted by Gasteiger charge is -2.20. The molecule has 1 aromatic carbocycles. The molecule has 0 aromatic heterocycles. The fourth-order valence-corrected chi connectivity index (χ4v) is 3.57. The van der Waals surface area contributed by atoms with Crippen LogP contribution >= 0.6 is 15.9 Å². The standard InChI is InChI=1S/C18H23BrN2O2/c1-12-6-7-13(10-16(12)19)20-17(22)14-11-15(14)18(23)21-8-4-2-3-5-9-21/h6-7,10,14-15H,2-5,8-9,11H2,1H3,(H,20,22). The van der Waals surface area contributed by atoms with Crippen molar-refractivity contribution in [3.8, 4) is 0 Å². The highest BCUT2D eigenvalue weighted by Crippen LogP contribution is 2.41. The molecule has 0 spiro atoms. The Morgan fingerprint density at radius 2 is 1.83 bits per heavy atom. The second-order valence-electron chi connectivity index (χ2n) is 6.64. The first kappa shape index (κ1) is 16.5. The number of nitrogens with one attached hydrogen (secondary N) is 1. The third-order valence-corrected chi connectivity index (χ3v) is 5.66. The van der Waals surface area contributed by atoms with Crippen molar-refractivity contribution < 1.29 is 9.59 Å². The summed E-state index contributed by atoms with van der Waals surface area (Å²) in [7, 11) is 0. The number of hydrogen-bond acceptors (Lipinski definition) is 2. The highest BCUT2D eigenvalue weighted by Gasteiger charge is 2.49. The van der Waals surface area contributed by atoms with Crippen molar-refractivity contribution in [3.05, 3.63) is 28.2 Å². The molecule has 2 amide bonds. The van der Waals surface area contributed by atoms with Crippen LogP contribution < -0.4 is 5.32 Å². The fraction of sp³-hybridized carbons (Fsp3) is 0.556. The van der Waals surface area contributed by atoms with Gasteiger partial charge >= 0.3 is 0 Å². The Balaban J connectivity index is 1.55. The SMILES string of the molecule is Cc1ccc(NC(=O)C2CC2C(=O)N2CCCCCC2)cc1Br. The van der Waals surface area contributed by atoms with Gasteiger partial charge in [0.25, 0.3) is 0 Å². The highest BCUT2D eigenvalue weighted by molar-refractivity contribution is 9.10. The molecule has 23 heavy (non-hydrogen) atoms. The molecule has 1 saturated heterocycles. The summed E-state index contributed by atoms with van der Waals surface area (Å²) in [6, 6.07) is 5.76. The topological polar surface area (TPSA) is 49.4 Å². The van der Waals surface area contributed by atoms with Gasteiger partial charge in [-0.2, -0.15) is 0 Å². The zero-order valence-corrected chi connectivity index (χ0v) is 15.1. The zero-order valence-electron chi connectivity index (χ0n) is 13.5. The molecule has 0 bridgehead atoms. The number of carbonyl (C=O) groups is 2. The van der Waals surface area contributed by atoms with Crippen LogP contribution in [0.25, 0.3) is 0 Å². The van der Waals surface area contributed by atoms with Crippen LogP contribution in [0, 0.1) is 18.8 Å². The number of likely N-dealkylation sites (tertiary alicyclic amines) is 1. The van der Waals surface area contributed by atoms with Gasteiger partial charge in [0.15, 0.2) is 0 Å². The lowest BCUT2D eigenvalue weighted by molar-refractivity contribution is -0.134. The van der Waals surface area contributed by atoms with Crippen molar-refractivity contribution in [3.63, 3.8) is 0 Å². The summed E-state index contributed by atoms with van der Waals surface area (Å²) >= 11 is 3.47. The number of benzene rings is 1. The molecule has 2 atom stereocenters. The Labute approximate surface area is 145 Å². The van der Waals surface area contributed by atoms with Crippen LogP contribution in [0.5, 0.6) is 0 Å². The van der Waals surface area contributed by atoms with E-state index in [0.717, 1.165) is 41.7 Å². The Kier molecular flexibility index (Phi) is 5.05. The van der Waals surface area contributed by atoms with Crippen LogP contribution in [-0.2, 0) is 9.59 Å². The molecular formula is C18H23BrN2O2. The molecular weight excluding hydrogens is 356 g/mol. The summed E-state index contributed by atoms with van der Waals surface area (Å²) in [5.41, 5.74) is 1.91. The van der Waals surface area contributed by atoms with Gasteiger partial charge in [0, 0.05) is 23.2 Å². The van der Waals surface area contributed by atoms with Crippen LogP contribution in [0.15, 0.2) is 22.7 Å². The monoisotopic (exact) mass is 378 g/mol. The molecule has 2 fully saturated rings. The molecule has 1 aromatic rings. The quantitative estimate of drug-likeness (QED) is 0.870. The summed E-state index contributed by atoms with van der Waals surface area (Å²) in [6.07, 6.45) is 5.29. The van der Waals surface area contributed by atoms with Gasteiger partial charge in [-0.05, 0) is 43.9 Å². The number of aryl methyl sites for hydroxylation is 1. The van der Waals surface area contributed by atoms with E-state index >= 15 is 0 Å². The molecule has 1 heterocycles. The van der Waals surface area contributed by atoms with E-state index in [1.807, 2.05) is 30.0 Å². The zero-order chi connectivity index (χ0) is 16.4. The summed E-state index contributed by atoms with van der Waals surface area (Å²) in [5.74, 6) is -0.126. The lowest BCUT2D eigenvalue weighted by atomic mass is 10.2. The fourth-order valence-electron chi connectivity index (χ4n) is 3.19. The molecule has 1 aliphatic heterocycles. The summed E-state index contributed by atoms with van der Waals surface area (Å²) in [4.78, 5) is 26.8. The van der Waals surface area contributed by atoms with Crippen molar-refractivity contribution in [2.45, 2.75) is 39.0 Å². The number of rotatable bonds is 3. The highest BCUT2D eigenvalue weighted by atomic mass is 79.9. The number of halogens is 1. The van der Waals surface area contributed by atoms with E-state index < -0.39 is 0 Å². The van der Waals surface area contributed by atoms with E-state index in [1.165, 1.54) is 12.8 Å². The van der Waals surface area contributed by atoms with Gasteiger partial charge in [-0.3, -0.25) is 9.59 Å². The van der Waals surface area contributed by atoms with Crippen molar-refractivity contribution in [1.82, 2.24) is 4.90 Å². The second kappa shape index (κ2) is 7.04. The second-order valence-corrected chi connectivity index (χ2v) is 7.50. The first-order valence-electron chi connectivity index (χ1n) is 8.42. The normalized spacial score (nSPS) is 24.0. The van der Waals surface area contributed by atoms with Gasteiger partial charge in [-0.25, -0.2) is 0 Å². The molecule has 1 saturated carbocycles. The third-order valence-electron chi connectivity index (χ3n) is 4.80. The average Bonchev–Trinajstić information content (AvgIpc) is 3.33. The number of carbonyl (C=O) groups excluding carboxylic acids is 2. The van der Waals surface area contributed by atoms with E-state index in [4.69, 9.17) is 0 Å². The van der Waals surface area contributed by atoms with Gasteiger partial charge in [-0.1, -0.05) is 34.8 Å². The minimum absolute atomic E-state index is 0.0334. The van der Waals surface area contributed by atoms with Crippen LogP contribution in [0.1, 0.15) is 37.7 Å². The molecule has 2 aliphatic rings. The van der Waals surface area contributed by atoms with Crippen LogP contribution in [0.2, 0.25) is 0 Å². The van der Waals surface area contributed by atoms with Gasteiger partial charge in [0.2, 0.25) is 11.8 Å². The number of amides is 2. The van der Waals surface area contributed by atoms with E-state index in [9.17, 15) is 9.59 Å². The average molecular weight is 379 g/mol. The molecule has 5 heteroatoms. The Bertz CT molecular complexity index is 609. The smallest absolute Gasteiger partial charge is 0.228 e. The van der Waals surface area contributed by atoms with Crippen LogP contribution in [0.4, 0.5) is 5.69 Å². The summed E-state index contributed by atoms with van der Waals surface area (Å²) < 4.78 is 0.975. The van der Waals surface area contributed by atoms with Crippen molar-refractivity contribution in [1.29, 1.82) is 0 Å². The largest absolute Gasteiger partial charge is 0.342 e. The molecule has 124 valence electrons. The molecule has 0 radical (unpaired) electrons. The molecule has 1 aliphatic carbocycles. The van der Waals surface area contributed by atoms with E-state index in [0.29, 0.717) is 6.42 Å². The first-order valence-corrected chi connectivity index (χ1v) is 9.21. The van der Waals surface area contributed by atoms with E-state index in [2.05, 4.69) is 21.2 Å². The van der Waals surface area contributed by atoms with Crippen molar-refractivity contribution in [2.75, 3.05) is 18.4 Å². The molecule has 4 nitrogen and oxygen atoms in total. The van der Waals surface area contributed by atoms with Gasteiger partial charge in [0.05, 0.1) is 11.8 Å². The lowest BCUT2D eigenvalue weighted by Crippen LogP contribution is -2.34. The van der Waals surface area contributed by atoms with E-state index in [1.54, 1.807) is 0 Å². The van der Waals surface area contributed by atoms with Crippen molar-refractivity contribution >= 4 is 33.4 Å². The Hall–Kier alpha value is -1.36. The van der Waals surface area contributed by atoms with Crippen molar-refractivity contribution in [2.24, 2.45) is 11.8 Å². The number of nitrogens with zero attached hydrogens (tertiary/aromatic N) is 1. The van der Waals surface area contributed by atoms with Gasteiger partial charge < -0.3 is 10.2 Å². The van der Waals surface area contributed by atoms with Gasteiger partial charge in [0.1, 0.15) is 0 Å².